The summed E-state index contributed by atoms with van der Waals surface area (Å²) < 4.78 is 0.961. The summed E-state index contributed by atoms with van der Waals surface area (Å²) in [6.07, 6.45) is 1.66. The van der Waals surface area contributed by atoms with Gasteiger partial charge in [-0.15, -0.1) is 11.3 Å². The lowest BCUT2D eigenvalue weighted by molar-refractivity contribution is 0.285. The summed E-state index contributed by atoms with van der Waals surface area (Å²) in [5.74, 6) is 0. The summed E-state index contributed by atoms with van der Waals surface area (Å²) in [5.41, 5.74) is 0.885. The second-order valence-electron chi connectivity index (χ2n) is 2.91. The number of rotatable bonds is 2. The maximum absolute atomic E-state index is 8.95. The summed E-state index contributed by atoms with van der Waals surface area (Å²) >= 11 is 10.9. The Hall–Kier alpha value is -0.420. The Labute approximate surface area is 105 Å². The molecule has 0 fully saturated rings. The molecule has 2 nitrogen and oxygen atoms in total. The number of nitrogens with zero attached hydrogens (tertiary/aromatic N) is 1. The fourth-order valence-corrected chi connectivity index (χ4v) is 2.59. The second kappa shape index (κ2) is 4.61. The van der Waals surface area contributed by atoms with Crippen molar-refractivity contribution in [2.45, 2.75) is 6.61 Å². The molecule has 5 heteroatoms. The zero-order valence-corrected chi connectivity index (χ0v) is 10.7. The van der Waals surface area contributed by atoms with Crippen LogP contribution in [0, 0.1) is 0 Å². The molecule has 0 aliphatic rings. The number of hydrogen-bond acceptors (Lipinski definition) is 3. The molecule has 0 saturated carbocycles. The largest absolute Gasteiger partial charge is 0.391 e. The highest BCUT2D eigenvalue weighted by Crippen LogP contribution is 2.33. The molecule has 0 aliphatic carbocycles. The molecule has 0 saturated heterocycles. The molecule has 2 rings (SSSR count). The summed E-state index contributed by atoms with van der Waals surface area (Å²) in [5, 5.41) is 10.4. The second-order valence-corrected chi connectivity index (χ2v) is 5.35. The van der Waals surface area contributed by atoms with E-state index in [1.165, 1.54) is 11.3 Å². The van der Waals surface area contributed by atoms with Crippen LogP contribution < -0.4 is 0 Å². The number of aliphatic hydroxyl groups excluding tert-OH is 1. The van der Waals surface area contributed by atoms with Gasteiger partial charge < -0.3 is 5.11 Å². The monoisotopic (exact) mass is 303 g/mol. The number of hydrogen-bond donors (Lipinski definition) is 1. The molecule has 78 valence electrons. The lowest BCUT2D eigenvalue weighted by atomic mass is 10.2. The number of thiazole rings is 1. The Morgan fingerprint density at radius 1 is 1.47 bits per heavy atom. The first-order valence-corrected chi connectivity index (χ1v) is 6.20. The van der Waals surface area contributed by atoms with Crippen LogP contribution in [0.2, 0.25) is 5.02 Å². The highest BCUT2D eigenvalue weighted by atomic mass is 79.9. The van der Waals surface area contributed by atoms with E-state index in [9.17, 15) is 0 Å². The minimum Gasteiger partial charge on any atom is -0.391 e. The highest BCUT2D eigenvalue weighted by Gasteiger charge is 2.08. The van der Waals surface area contributed by atoms with Crippen LogP contribution in [0.3, 0.4) is 0 Å². The Kier molecular flexibility index (Phi) is 3.41. The summed E-state index contributed by atoms with van der Waals surface area (Å²) in [4.78, 5) is 5.05. The van der Waals surface area contributed by atoms with Crippen LogP contribution in [-0.4, -0.2) is 10.1 Å². The fraction of sp³-hybridized carbons (Fsp3) is 0.100. The first-order valence-electron chi connectivity index (χ1n) is 4.21. The molecule has 0 bridgehead atoms. The molecule has 0 atom stereocenters. The van der Waals surface area contributed by atoms with E-state index in [4.69, 9.17) is 16.7 Å². The topological polar surface area (TPSA) is 33.1 Å². The van der Waals surface area contributed by atoms with Crippen molar-refractivity contribution >= 4 is 38.9 Å². The summed E-state index contributed by atoms with van der Waals surface area (Å²) in [6, 6.07) is 5.62. The Bertz CT molecular complexity index is 486. The molecule has 0 unspecified atom stereocenters. The van der Waals surface area contributed by atoms with Gasteiger partial charge in [0.25, 0.3) is 0 Å². The number of aliphatic hydroxyl groups is 1. The molecule has 1 aromatic heterocycles. The van der Waals surface area contributed by atoms with E-state index < -0.39 is 0 Å². The van der Waals surface area contributed by atoms with E-state index >= 15 is 0 Å². The predicted molar refractivity (Wildman–Crippen MR) is 66.2 cm³/mol. The van der Waals surface area contributed by atoms with Crippen LogP contribution in [0.1, 0.15) is 4.88 Å². The SMILES string of the molecule is OCc1cnc(-c2cc(Br)ccc2Cl)s1. The molecule has 0 radical (unpaired) electrons. The van der Waals surface area contributed by atoms with E-state index in [1.807, 2.05) is 18.2 Å². The van der Waals surface area contributed by atoms with Crippen molar-refractivity contribution in [2.75, 3.05) is 0 Å². The molecule has 0 aliphatic heterocycles. The van der Waals surface area contributed by atoms with Crippen molar-refractivity contribution < 1.29 is 5.11 Å². The summed E-state index contributed by atoms with van der Waals surface area (Å²) in [7, 11) is 0. The van der Waals surface area contributed by atoms with Gasteiger partial charge in [0.15, 0.2) is 0 Å². The van der Waals surface area contributed by atoms with E-state index in [0.29, 0.717) is 5.02 Å². The van der Waals surface area contributed by atoms with Crippen molar-refractivity contribution in [2.24, 2.45) is 0 Å². The third-order valence-corrected chi connectivity index (χ3v) is 3.71. The van der Waals surface area contributed by atoms with E-state index in [2.05, 4.69) is 20.9 Å². The van der Waals surface area contributed by atoms with Gasteiger partial charge in [-0.05, 0) is 18.2 Å². The first-order chi connectivity index (χ1) is 7.20. The summed E-state index contributed by atoms with van der Waals surface area (Å²) in [6.45, 7) is 0.0172. The van der Waals surface area contributed by atoms with Gasteiger partial charge in [-0.25, -0.2) is 4.98 Å². The Balaban J connectivity index is 2.48. The van der Waals surface area contributed by atoms with Gasteiger partial charge in [-0.1, -0.05) is 27.5 Å². The average molecular weight is 305 g/mol. The first kappa shape index (κ1) is 11.1. The lowest BCUT2D eigenvalue weighted by Gasteiger charge is -2.00. The van der Waals surface area contributed by atoms with Crippen LogP contribution in [0.15, 0.2) is 28.9 Å². The van der Waals surface area contributed by atoms with Gasteiger partial charge >= 0.3 is 0 Å². The molecule has 15 heavy (non-hydrogen) atoms. The molecular weight excluding hydrogens is 298 g/mol. The molecule has 2 aromatic rings. The minimum absolute atomic E-state index is 0.0172. The standard InChI is InChI=1S/C10H7BrClNOS/c11-6-1-2-9(12)8(3-6)10-13-4-7(5-14)15-10/h1-4,14H,5H2. The average Bonchev–Trinajstić information content (AvgIpc) is 2.70. The van der Waals surface area contributed by atoms with Crippen LogP contribution in [0.5, 0.6) is 0 Å². The minimum atomic E-state index is 0.0172. The van der Waals surface area contributed by atoms with E-state index in [0.717, 1.165) is 19.9 Å². The van der Waals surface area contributed by atoms with Crippen molar-refractivity contribution in [3.05, 3.63) is 38.8 Å². The lowest BCUT2D eigenvalue weighted by Crippen LogP contribution is -1.77. The maximum Gasteiger partial charge on any atom is 0.125 e. The molecule has 1 heterocycles. The van der Waals surface area contributed by atoms with Crippen molar-refractivity contribution in [1.82, 2.24) is 4.98 Å². The third-order valence-electron chi connectivity index (χ3n) is 1.87. The third kappa shape index (κ3) is 2.39. The zero-order chi connectivity index (χ0) is 10.8. The molecule has 1 aromatic carbocycles. The van der Waals surface area contributed by atoms with Crippen LogP contribution >= 0.6 is 38.9 Å². The predicted octanol–water partition coefficient (Wildman–Crippen LogP) is 3.72. The fourth-order valence-electron chi connectivity index (χ4n) is 1.17. The number of aromatic nitrogens is 1. The van der Waals surface area contributed by atoms with Crippen LogP contribution in [0.4, 0.5) is 0 Å². The van der Waals surface area contributed by atoms with Gasteiger partial charge in [0, 0.05) is 16.2 Å². The van der Waals surface area contributed by atoms with Crippen molar-refractivity contribution in [1.29, 1.82) is 0 Å². The quantitative estimate of drug-likeness (QED) is 0.917. The molecule has 0 amide bonds. The van der Waals surface area contributed by atoms with E-state index in [1.54, 1.807) is 6.20 Å². The highest BCUT2D eigenvalue weighted by molar-refractivity contribution is 9.10. The van der Waals surface area contributed by atoms with Gasteiger partial charge in [0.2, 0.25) is 0 Å². The van der Waals surface area contributed by atoms with Crippen molar-refractivity contribution in [3.8, 4) is 10.6 Å². The Morgan fingerprint density at radius 3 is 2.93 bits per heavy atom. The normalized spacial score (nSPS) is 10.6. The maximum atomic E-state index is 8.95. The zero-order valence-electron chi connectivity index (χ0n) is 7.58. The van der Waals surface area contributed by atoms with Crippen molar-refractivity contribution in [3.63, 3.8) is 0 Å². The molecular formula is C10H7BrClNOS. The van der Waals surface area contributed by atoms with Crippen LogP contribution in [0.25, 0.3) is 10.6 Å². The number of benzene rings is 1. The van der Waals surface area contributed by atoms with Gasteiger partial charge in [0.1, 0.15) is 5.01 Å². The van der Waals surface area contributed by atoms with Crippen LogP contribution in [-0.2, 0) is 6.61 Å². The van der Waals surface area contributed by atoms with Gasteiger partial charge in [-0.3, -0.25) is 0 Å². The van der Waals surface area contributed by atoms with Gasteiger partial charge in [-0.2, -0.15) is 0 Å². The molecule has 0 spiro atoms. The van der Waals surface area contributed by atoms with Gasteiger partial charge in [0.05, 0.1) is 16.5 Å². The van der Waals surface area contributed by atoms with E-state index in [-0.39, 0.29) is 6.61 Å². The Morgan fingerprint density at radius 2 is 2.27 bits per heavy atom. The smallest absolute Gasteiger partial charge is 0.125 e. The number of halogens is 2. The molecule has 1 N–H and O–H groups in total.